The minimum atomic E-state index is -0.672. The summed E-state index contributed by atoms with van der Waals surface area (Å²) in [6, 6.07) is 17.2. The van der Waals surface area contributed by atoms with Gasteiger partial charge in [0.2, 0.25) is 5.91 Å². The van der Waals surface area contributed by atoms with Gasteiger partial charge >= 0.3 is 5.69 Å². The third kappa shape index (κ3) is 5.63. The van der Waals surface area contributed by atoms with Crippen LogP contribution in [0.15, 0.2) is 64.2 Å². The molecule has 0 bridgehead atoms. The number of rotatable bonds is 8. The Morgan fingerprint density at radius 1 is 1.11 bits per heavy atom. The number of amides is 1. The number of H-pyrrole nitrogens is 1. The molecule has 9 heteroatoms. The Morgan fingerprint density at radius 2 is 1.86 bits per heavy atom. The van der Waals surface area contributed by atoms with E-state index in [2.05, 4.69) is 4.98 Å². The number of nitrogens with zero attached hydrogens (tertiary/aromatic N) is 3. The van der Waals surface area contributed by atoms with Crippen molar-refractivity contribution in [1.82, 2.24) is 14.5 Å². The molecule has 0 unspecified atom stereocenters. The number of benzene rings is 2. The summed E-state index contributed by atoms with van der Waals surface area (Å²) in [6.07, 6.45) is 1.57. The molecule has 0 saturated heterocycles. The normalized spacial score (nSPS) is 13.5. The van der Waals surface area contributed by atoms with Gasteiger partial charge in [-0.2, -0.15) is 0 Å². The van der Waals surface area contributed by atoms with E-state index in [1.165, 1.54) is 9.47 Å². The third-order valence-corrected chi connectivity index (χ3v) is 6.09. The quantitative estimate of drug-likeness (QED) is 0.515. The van der Waals surface area contributed by atoms with Crippen LogP contribution in [0.1, 0.15) is 30.9 Å². The zero-order valence-corrected chi connectivity index (χ0v) is 19.9. The maximum Gasteiger partial charge on any atom is 0.330 e. The molecule has 3 aromatic rings. The van der Waals surface area contributed by atoms with Crippen LogP contribution < -0.4 is 26.6 Å². The third-order valence-electron chi connectivity index (χ3n) is 6.09. The fraction of sp³-hybridized carbons (Fsp3) is 0.346. The number of fused-ring (bicyclic) bond motifs is 1. The summed E-state index contributed by atoms with van der Waals surface area (Å²) in [4.78, 5) is 44.8. The van der Waals surface area contributed by atoms with Crippen LogP contribution in [0.3, 0.4) is 0 Å². The average molecular weight is 478 g/mol. The number of nitrogens with two attached hydrogens (primary N) is 1. The number of carbonyl (C=O) groups excluding carboxylic acids is 1. The Labute approximate surface area is 203 Å². The fourth-order valence-corrected chi connectivity index (χ4v) is 4.23. The summed E-state index contributed by atoms with van der Waals surface area (Å²) in [5.41, 5.74) is 6.95. The topological polar surface area (TPSA) is 114 Å². The highest BCUT2D eigenvalue weighted by atomic mass is 16.5. The number of nitrogen functional groups attached to an aromatic ring is 1. The smallest absolute Gasteiger partial charge is 0.330 e. The SMILES string of the molecule is CCCCn1c(N)c(N(Cc2ccccc2)C(=O)CN2CCOc3ccccc3C2)c(=O)[nH]c1=O. The summed E-state index contributed by atoms with van der Waals surface area (Å²) >= 11 is 0. The number of hydrogen-bond donors (Lipinski definition) is 2. The fourth-order valence-electron chi connectivity index (χ4n) is 4.23. The van der Waals surface area contributed by atoms with Gasteiger partial charge in [-0.15, -0.1) is 0 Å². The Morgan fingerprint density at radius 3 is 2.63 bits per heavy atom. The first-order valence-electron chi connectivity index (χ1n) is 11.9. The molecule has 9 nitrogen and oxygen atoms in total. The molecule has 1 aromatic heterocycles. The highest BCUT2D eigenvalue weighted by Gasteiger charge is 2.27. The van der Waals surface area contributed by atoms with Gasteiger partial charge in [-0.3, -0.25) is 28.9 Å². The lowest BCUT2D eigenvalue weighted by Gasteiger charge is -2.27. The molecule has 2 aromatic carbocycles. The number of carbonyl (C=O) groups is 1. The van der Waals surface area contributed by atoms with E-state index in [1.54, 1.807) is 0 Å². The van der Waals surface area contributed by atoms with Crippen LogP contribution in [-0.2, 0) is 24.4 Å². The van der Waals surface area contributed by atoms with E-state index in [0.717, 1.165) is 29.7 Å². The molecule has 0 atom stereocenters. The number of anilines is 2. The second-order valence-electron chi connectivity index (χ2n) is 8.63. The van der Waals surface area contributed by atoms with Gasteiger partial charge in [-0.1, -0.05) is 61.9 Å². The van der Waals surface area contributed by atoms with Gasteiger partial charge in [0.05, 0.1) is 13.1 Å². The van der Waals surface area contributed by atoms with Crippen molar-refractivity contribution in [3.8, 4) is 5.75 Å². The summed E-state index contributed by atoms with van der Waals surface area (Å²) < 4.78 is 7.16. The lowest BCUT2D eigenvalue weighted by molar-refractivity contribution is -0.120. The molecular formula is C26H31N5O4. The molecule has 3 N–H and O–H groups in total. The molecule has 35 heavy (non-hydrogen) atoms. The lowest BCUT2D eigenvalue weighted by atomic mass is 10.2. The molecule has 4 rings (SSSR count). The molecule has 0 spiro atoms. The Balaban J connectivity index is 1.68. The van der Waals surface area contributed by atoms with E-state index in [1.807, 2.05) is 66.4 Å². The van der Waals surface area contributed by atoms with E-state index < -0.39 is 11.2 Å². The second-order valence-corrected chi connectivity index (χ2v) is 8.63. The largest absolute Gasteiger partial charge is 0.492 e. The maximum absolute atomic E-state index is 13.7. The first kappa shape index (κ1) is 24.3. The van der Waals surface area contributed by atoms with Gasteiger partial charge < -0.3 is 10.5 Å². The first-order chi connectivity index (χ1) is 17.0. The van der Waals surface area contributed by atoms with Crippen molar-refractivity contribution in [2.45, 2.75) is 39.4 Å². The first-order valence-corrected chi connectivity index (χ1v) is 11.9. The predicted molar refractivity (Wildman–Crippen MR) is 135 cm³/mol. The number of para-hydroxylation sites is 1. The molecule has 2 heterocycles. The van der Waals surface area contributed by atoms with Crippen LogP contribution in [-0.4, -0.2) is 40.1 Å². The highest BCUT2D eigenvalue weighted by molar-refractivity contribution is 5.96. The van der Waals surface area contributed by atoms with Crippen molar-refractivity contribution >= 4 is 17.4 Å². The summed E-state index contributed by atoms with van der Waals surface area (Å²) in [5.74, 6) is 0.527. The standard InChI is InChI=1S/C26H31N5O4/c1-2-3-13-30-24(27)23(25(33)28-26(30)34)31(16-19-9-5-4-6-10-19)22(32)18-29-14-15-35-21-12-8-7-11-20(21)17-29/h4-12H,2-3,13-18,27H2,1H3,(H,28,33,34). The van der Waals surface area contributed by atoms with Gasteiger partial charge in [-0.05, 0) is 18.1 Å². The number of hydrogen-bond acceptors (Lipinski definition) is 6. The van der Waals surface area contributed by atoms with Crippen molar-refractivity contribution in [3.05, 3.63) is 86.6 Å². The molecule has 1 amide bonds. The van der Waals surface area contributed by atoms with Crippen molar-refractivity contribution in [3.63, 3.8) is 0 Å². The molecule has 1 aliphatic heterocycles. The van der Waals surface area contributed by atoms with Crippen LogP contribution in [0.5, 0.6) is 5.75 Å². The lowest BCUT2D eigenvalue weighted by Crippen LogP contribution is -2.45. The predicted octanol–water partition coefficient (Wildman–Crippen LogP) is 2.35. The Kier molecular flexibility index (Phi) is 7.67. The Bertz CT molecular complexity index is 1280. The summed E-state index contributed by atoms with van der Waals surface area (Å²) in [5, 5.41) is 0. The second kappa shape index (κ2) is 11.1. The minimum Gasteiger partial charge on any atom is -0.492 e. The van der Waals surface area contributed by atoms with Crippen LogP contribution in [0.2, 0.25) is 0 Å². The van der Waals surface area contributed by atoms with Crippen molar-refractivity contribution in [2.24, 2.45) is 0 Å². The van der Waals surface area contributed by atoms with Gasteiger partial charge in [0.25, 0.3) is 5.56 Å². The molecule has 0 radical (unpaired) electrons. The number of unbranched alkanes of at least 4 members (excludes halogenated alkanes) is 1. The zero-order valence-electron chi connectivity index (χ0n) is 19.9. The molecular weight excluding hydrogens is 446 g/mol. The number of aromatic amines is 1. The van der Waals surface area contributed by atoms with Crippen LogP contribution in [0.25, 0.3) is 0 Å². The van der Waals surface area contributed by atoms with Crippen LogP contribution >= 0.6 is 0 Å². The van der Waals surface area contributed by atoms with Crippen LogP contribution in [0, 0.1) is 0 Å². The molecule has 1 aliphatic rings. The average Bonchev–Trinajstić information content (AvgIpc) is 3.05. The van der Waals surface area contributed by atoms with E-state index >= 15 is 0 Å². The summed E-state index contributed by atoms with van der Waals surface area (Å²) in [6.45, 7) is 4.13. The maximum atomic E-state index is 13.7. The molecule has 0 fully saturated rings. The van der Waals surface area contributed by atoms with Crippen molar-refractivity contribution in [2.75, 3.05) is 30.3 Å². The van der Waals surface area contributed by atoms with Gasteiger partial charge in [0.1, 0.15) is 18.2 Å². The van der Waals surface area contributed by atoms with E-state index in [4.69, 9.17) is 10.5 Å². The molecule has 184 valence electrons. The number of ether oxygens (including phenoxy) is 1. The summed E-state index contributed by atoms with van der Waals surface area (Å²) in [7, 11) is 0. The van der Waals surface area contributed by atoms with Gasteiger partial charge in [0.15, 0.2) is 5.69 Å². The van der Waals surface area contributed by atoms with Gasteiger partial charge in [-0.25, -0.2) is 4.79 Å². The van der Waals surface area contributed by atoms with Crippen molar-refractivity contribution < 1.29 is 9.53 Å². The number of nitrogens with one attached hydrogen (secondary N) is 1. The van der Waals surface area contributed by atoms with E-state index in [0.29, 0.717) is 26.2 Å². The Hall–Kier alpha value is -3.85. The monoisotopic (exact) mass is 477 g/mol. The highest BCUT2D eigenvalue weighted by Crippen LogP contribution is 2.24. The van der Waals surface area contributed by atoms with Crippen molar-refractivity contribution in [1.29, 1.82) is 0 Å². The zero-order chi connectivity index (χ0) is 24.8. The minimum absolute atomic E-state index is 0.000950. The molecule has 0 aliphatic carbocycles. The molecule has 0 saturated carbocycles. The van der Waals surface area contributed by atoms with E-state index in [-0.39, 0.29) is 30.5 Å². The number of aromatic nitrogens is 2. The van der Waals surface area contributed by atoms with Crippen LogP contribution in [0.4, 0.5) is 11.5 Å². The van der Waals surface area contributed by atoms with Gasteiger partial charge in [0, 0.05) is 25.2 Å². The van der Waals surface area contributed by atoms with E-state index in [9.17, 15) is 14.4 Å².